The molecular weight excluding hydrogens is 204 g/mol. The van der Waals surface area contributed by atoms with Gasteiger partial charge in [-0.3, -0.25) is 0 Å². The van der Waals surface area contributed by atoms with Gasteiger partial charge >= 0.3 is 0 Å². The molecule has 2 aromatic carbocycles. The van der Waals surface area contributed by atoms with Crippen LogP contribution < -0.4 is 0 Å². The van der Waals surface area contributed by atoms with E-state index in [1.165, 1.54) is 16.7 Å². The van der Waals surface area contributed by atoms with Crippen LogP contribution in [0.15, 0.2) is 53.4 Å². The van der Waals surface area contributed by atoms with Crippen LogP contribution in [0.25, 0.3) is 11.1 Å². The Hall–Kier alpha value is -1.25. The van der Waals surface area contributed by atoms with Gasteiger partial charge in [0.2, 0.25) is 0 Å². The SMILES string of the molecule is Cc1cccc(-c2ccc(SO)cc2)c1. The van der Waals surface area contributed by atoms with Gasteiger partial charge in [-0.2, -0.15) is 0 Å². The first kappa shape index (κ1) is 10.3. The van der Waals surface area contributed by atoms with E-state index in [1.807, 2.05) is 24.3 Å². The highest BCUT2D eigenvalue weighted by Crippen LogP contribution is 2.23. The van der Waals surface area contributed by atoms with Crippen molar-refractivity contribution in [2.75, 3.05) is 0 Å². The lowest BCUT2D eigenvalue weighted by Crippen LogP contribution is -1.79. The van der Waals surface area contributed by atoms with E-state index in [0.29, 0.717) is 0 Å². The molecule has 0 atom stereocenters. The molecule has 1 nitrogen and oxygen atoms in total. The molecule has 0 aliphatic heterocycles. The monoisotopic (exact) mass is 216 g/mol. The van der Waals surface area contributed by atoms with Gasteiger partial charge in [0, 0.05) is 16.9 Å². The zero-order valence-electron chi connectivity index (χ0n) is 8.47. The predicted octanol–water partition coefficient (Wildman–Crippen LogP) is 4.23. The number of hydrogen-bond donors (Lipinski definition) is 1. The second-order valence-corrected chi connectivity index (χ2v) is 4.14. The topological polar surface area (TPSA) is 20.2 Å². The summed E-state index contributed by atoms with van der Waals surface area (Å²) in [5.41, 5.74) is 3.65. The summed E-state index contributed by atoms with van der Waals surface area (Å²) >= 11 is 0.776. The van der Waals surface area contributed by atoms with E-state index in [2.05, 4.69) is 31.2 Å². The molecule has 0 heterocycles. The Labute approximate surface area is 94.0 Å². The van der Waals surface area contributed by atoms with Gasteiger partial charge in [-0.05, 0) is 30.2 Å². The van der Waals surface area contributed by atoms with E-state index in [1.54, 1.807) is 0 Å². The summed E-state index contributed by atoms with van der Waals surface area (Å²) in [6.45, 7) is 2.08. The maximum atomic E-state index is 8.86. The fourth-order valence-electron chi connectivity index (χ4n) is 1.53. The highest BCUT2D eigenvalue weighted by Gasteiger charge is 1.97. The first-order valence-electron chi connectivity index (χ1n) is 4.78. The number of hydrogen-bond acceptors (Lipinski definition) is 2. The van der Waals surface area contributed by atoms with Gasteiger partial charge in [0.1, 0.15) is 0 Å². The van der Waals surface area contributed by atoms with Crippen LogP contribution in [0.3, 0.4) is 0 Å². The van der Waals surface area contributed by atoms with Crippen molar-refractivity contribution in [3.63, 3.8) is 0 Å². The molecule has 0 radical (unpaired) electrons. The molecular formula is C13H12OS. The van der Waals surface area contributed by atoms with Gasteiger partial charge in [-0.25, -0.2) is 0 Å². The van der Waals surface area contributed by atoms with Crippen LogP contribution in [0.4, 0.5) is 0 Å². The third-order valence-corrected chi connectivity index (χ3v) is 2.79. The second kappa shape index (κ2) is 4.51. The van der Waals surface area contributed by atoms with Gasteiger partial charge < -0.3 is 4.55 Å². The average molecular weight is 216 g/mol. The van der Waals surface area contributed by atoms with Gasteiger partial charge in [0.25, 0.3) is 0 Å². The van der Waals surface area contributed by atoms with Crippen molar-refractivity contribution >= 4 is 12.0 Å². The van der Waals surface area contributed by atoms with Gasteiger partial charge in [0.15, 0.2) is 0 Å². The summed E-state index contributed by atoms with van der Waals surface area (Å²) in [6, 6.07) is 16.3. The largest absolute Gasteiger partial charge is 0.325 e. The Balaban J connectivity index is 2.37. The van der Waals surface area contributed by atoms with Crippen molar-refractivity contribution in [1.29, 1.82) is 0 Å². The maximum Gasteiger partial charge on any atom is 0.0351 e. The molecule has 0 aliphatic carbocycles. The van der Waals surface area contributed by atoms with E-state index in [4.69, 9.17) is 4.55 Å². The van der Waals surface area contributed by atoms with E-state index in [-0.39, 0.29) is 0 Å². The van der Waals surface area contributed by atoms with Crippen molar-refractivity contribution in [3.05, 3.63) is 54.1 Å². The van der Waals surface area contributed by atoms with Crippen molar-refractivity contribution in [3.8, 4) is 11.1 Å². The molecule has 76 valence electrons. The Morgan fingerprint density at radius 3 is 2.27 bits per heavy atom. The zero-order valence-corrected chi connectivity index (χ0v) is 9.29. The standard InChI is InChI=1S/C13H12OS/c1-10-3-2-4-12(9-10)11-5-7-13(15-14)8-6-11/h2-9,14H,1H3. The molecule has 1 N–H and O–H groups in total. The number of aryl methyl sites for hydroxylation is 1. The third kappa shape index (κ3) is 2.41. The Morgan fingerprint density at radius 2 is 1.67 bits per heavy atom. The minimum absolute atomic E-state index is 0.776. The molecule has 0 unspecified atom stereocenters. The van der Waals surface area contributed by atoms with E-state index in [0.717, 1.165) is 16.9 Å². The van der Waals surface area contributed by atoms with Crippen LogP contribution in [0.1, 0.15) is 5.56 Å². The van der Waals surface area contributed by atoms with Gasteiger partial charge in [-0.15, -0.1) is 0 Å². The number of benzene rings is 2. The molecule has 2 heteroatoms. The average Bonchev–Trinajstić information content (AvgIpc) is 2.29. The van der Waals surface area contributed by atoms with Crippen molar-refractivity contribution < 1.29 is 4.55 Å². The second-order valence-electron chi connectivity index (χ2n) is 3.49. The quantitative estimate of drug-likeness (QED) is 0.758. The summed E-state index contributed by atoms with van der Waals surface area (Å²) in [7, 11) is 0. The first-order valence-corrected chi connectivity index (χ1v) is 5.55. The summed E-state index contributed by atoms with van der Waals surface area (Å²) in [4.78, 5) is 0.867. The third-order valence-electron chi connectivity index (χ3n) is 2.31. The van der Waals surface area contributed by atoms with Crippen molar-refractivity contribution in [2.45, 2.75) is 11.8 Å². The van der Waals surface area contributed by atoms with Crippen LogP contribution >= 0.6 is 12.0 Å². The summed E-state index contributed by atoms with van der Waals surface area (Å²) in [5.74, 6) is 0. The molecule has 0 fully saturated rings. The van der Waals surface area contributed by atoms with Gasteiger partial charge in [-0.1, -0.05) is 42.0 Å². The summed E-state index contributed by atoms with van der Waals surface area (Å²) < 4.78 is 8.86. The lowest BCUT2D eigenvalue weighted by Gasteiger charge is -2.03. The minimum Gasteiger partial charge on any atom is -0.325 e. The molecule has 0 saturated heterocycles. The van der Waals surface area contributed by atoms with Crippen molar-refractivity contribution in [1.82, 2.24) is 0 Å². The van der Waals surface area contributed by atoms with E-state index in [9.17, 15) is 0 Å². The van der Waals surface area contributed by atoms with Crippen molar-refractivity contribution in [2.24, 2.45) is 0 Å². The molecule has 15 heavy (non-hydrogen) atoms. The smallest absolute Gasteiger partial charge is 0.0351 e. The maximum absolute atomic E-state index is 8.86. The summed E-state index contributed by atoms with van der Waals surface area (Å²) in [6.07, 6.45) is 0. The first-order chi connectivity index (χ1) is 7.29. The Kier molecular flexibility index (Phi) is 3.09. The fourth-order valence-corrected chi connectivity index (χ4v) is 1.79. The molecule has 0 bridgehead atoms. The zero-order chi connectivity index (χ0) is 10.7. The van der Waals surface area contributed by atoms with Crippen LogP contribution in [0.5, 0.6) is 0 Å². The summed E-state index contributed by atoms with van der Waals surface area (Å²) in [5, 5.41) is 0. The fraction of sp³-hybridized carbons (Fsp3) is 0.0769. The predicted molar refractivity (Wildman–Crippen MR) is 65.1 cm³/mol. The molecule has 0 spiro atoms. The molecule has 2 rings (SSSR count). The van der Waals surface area contributed by atoms with Crippen LogP contribution in [-0.4, -0.2) is 4.55 Å². The highest BCUT2D eigenvalue weighted by atomic mass is 32.2. The number of rotatable bonds is 2. The molecule has 2 aromatic rings. The van der Waals surface area contributed by atoms with Crippen LogP contribution in [0.2, 0.25) is 0 Å². The lowest BCUT2D eigenvalue weighted by atomic mass is 10.0. The molecule has 0 aliphatic rings. The van der Waals surface area contributed by atoms with Gasteiger partial charge in [0.05, 0.1) is 0 Å². The molecule has 0 saturated carbocycles. The minimum atomic E-state index is 0.776. The lowest BCUT2D eigenvalue weighted by molar-refractivity contribution is 0.664. The normalized spacial score (nSPS) is 10.3. The van der Waals surface area contributed by atoms with E-state index >= 15 is 0 Å². The van der Waals surface area contributed by atoms with E-state index < -0.39 is 0 Å². The van der Waals surface area contributed by atoms with Crippen LogP contribution in [-0.2, 0) is 0 Å². The Morgan fingerprint density at radius 1 is 0.933 bits per heavy atom. The Bertz CT molecular complexity index is 448. The molecule has 0 amide bonds. The highest BCUT2D eigenvalue weighted by molar-refractivity contribution is 7.93. The molecule has 0 aromatic heterocycles. The van der Waals surface area contributed by atoms with Crippen LogP contribution in [0, 0.1) is 6.92 Å².